The normalized spacial score (nSPS) is 10.2. The number of rotatable bonds is 4. The van der Waals surface area contributed by atoms with E-state index < -0.39 is 28.1 Å². The summed E-state index contributed by atoms with van der Waals surface area (Å²) in [5, 5.41) is 22.8. The fourth-order valence-corrected chi connectivity index (χ4v) is 2.25. The summed E-state index contributed by atoms with van der Waals surface area (Å²) in [6, 6.07) is 8.93. The molecule has 0 atom stereocenters. The number of carbonyl (C=O) groups is 2. The van der Waals surface area contributed by atoms with E-state index in [1.165, 1.54) is 12.1 Å². The zero-order valence-corrected chi connectivity index (χ0v) is 12.5. The molecule has 7 heteroatoms. The van der Waals surface area contributed by atoms with Gasteiger partial charge in [0.1, 0.15) is 5.56 Å². The SMILES string of the molecule is Cc1ccc(NC(=O)c2cccc([N+](=O)[O-])c2C(=O)O)c(C)c1. The maximum absolute atomic E-state index is 12.4. The van der Waals surface area contributed by atoms with Crippen LogP contribution in [0.1, 0.15) is 31.8 Å². The number of carbonyl (C=O) groups excluding carboxylic acids is 1. The summed E-state index contributed by atoms with van der Waals surface area (Å²) < 4.78 is 0. The summed E-state index contributed by atoms with van der Waals surface area (Å²) >= 11 is 0. The van der Waals surface area contributed by atoms with Gasteiger partial charge in [-0.2, -0.15) is 0 Å². The Morgan fingerprint density at radius 1 is 1.17 bits per heavy atom. The Labute approximate surface area is 131 Å². The quantitative estimate of drug-likeness (QED) is 0.665. The Hall–Kier alpha value is -3.22. The highest BCUT2D eigenvalue weighted by atomic mass is 16.6. The Morgan fingerprint density at radius 2 is 1.87 bits per heavy atom. The van der Waals surface area contributed by atoms with Crippen LogP contribution in [0.5, 0.6) is 0 Å². The first-order valence-corrected chi connectivity index (χ1v) is 6.70. The molecule has 0 aliphatic heterocycles. The number of carboxylic acid groups (broad SMARTS) is 1. The Kier molecular flexibility index (Phi) is 4.40. The molecule has 1 amide bonds. The third-order valence-corrected chi connectivity index (χ3v) is 3.33. The number of nitro benzene ring substituents is 1. The lowest BCUT2D eigenvalue weighted by molar-refractivity contribution is -0.385. The Morgan fingerprint density at radius 3 is 2.43 bits per heavy atom. The van der Waals surface area contributed by atoms with E-state index in [-0.39, 0.29) is 5.56 Å². The number of amides is 1. The first-order valence-electron chi connectivity index (χ1n) is 6.70. The minimum absolute atomic E-state index is 0.258. The molecule has 0 spiro atoms. The van der Waals surface area contributed by atoms with Gasteiger partial charge in [-0.15, -0.1) is 0 Å². The second kappa shape index (κ2) is 6.27. The average Bonchev–Trinajstić information content (AvgIpc) is 2.49. The molecule has 0 bridgehead atoms. The van der Waals surface area contributed by atoms with Crippen LogP contribution in [0.4, 0.5) is 11.4 Å². The van der Waals surface area contributed by atoms with E-state index in [0.717, 1.165) is 17.2 Å². The van der Waals surface area contributed by atoms with E-state index in [0.29, 0.717) is 5.69 Å². The standard InChI is InChI=1S/C16H14N2O5/c1-9-6-7-12(10(2)8-9)17-15(19)11-4-3-5-13(18(22)23)14(11)16(20)21/h3-8H,1-2H3,(H,17,19)(H,20,21). The van der Waals surface area contributed by atoms with Crippen LogP contribution in [-0.4, -0.2) is 21.9 Å². The second-order valence-electron chi connectivity index (χ2n) is 5.03. The van der Waals surface area contributed by atoms with Crippen molar-refractivity contribution in [3.63, 3.8) is 0 Å². The third kappa shape index (κ3) is 3.34. The fourth-order valence-electron chi connectivity index (χ4n) is 2.25. The summed E-state index contributed by atoms with van der Waals surface area (Å²) in [6.07, 6.45) is 0. The molecule has 0 saturated carbocycles. The number of aromatic carboxylic acids is 1. The summed E-state index contributed by atoms with van der Waals surface area (Å²) in [5.74, 6) is -2.24. The van der Waals surface area contributed by atoms with E-state index in [2.05, 4.69) is 5.32 Å². The van der Waals surface area contributed by atoms with Crippen molar-refractivity contribution in [1.82, 2.24) is 0 Å². The number of benzene rings is 2. The van der Waals surface area contributed by atoms with Crippen LogP contribution < -0.4 is 5.32 Å². The molecule has 2 aromatic rings. The van der Waals surface area contributed by atoms with E-state index in [1.807, 2.05) is 13.0 Å². The van der Waals surface area contributed by atoms with Crippen molar-refractivity contribution in [2.45, 2.75) is 13.8 Å². The van der Waals surface area contributed by atoms with Crippen LogP contribution in [0.3, 0.4) is 0 Å². The van der Waals surface area contributed by atoms with E-state index >= 15 is 0 Å². The smallest absolute Gasteiger partial charge is 0.343 e. The minimum atomic E-state index is -1.52. The van der Waals surface area contributed by atoms with Crippen LogP contribution in [0.25, 0.3) is 0 Å². The summed E-state index contributed by atoms with van der Waals surface area (Å²) in [6.45, 7) is 3.70. The number of aryl methyl sites for hydroxylation is 2. The van der Waals surface area contributed by atoms with Crippen molar-refractivity contribution in [2.75, 3.05) is 5.32 Å². The molecule has 0 saturated heterocycles. The van der Waals surface area contributed by atoms with Gasteiger partial charge in [0.05, 0.1) is 10.5 Å². The zero-order valence-electron chi connectivity index (χ0n) is 12.5. The molecule has 23 heavy (non-hydrogen) atoms. The molecular formula is C16H14N2O5. The van der Waals surface area contributed by atoms with Gasteiger partial charge >= 0.3 is 5.97 Å². The number of hydrogen-bond donors (Lipinski definition) is 2. The molecule has 2 N–H and O–H groups in total. The van der Waals surface area contributed by atoms with Crippen LogP contribution in [-0.2, 0) is 0 Å². The number of nitrogens with zero attached hydrogens (tertiary/aromatic N) is 1. The van der Waals surface area contributed by atoms with Crippen LogP contribution in [0, 0.1) is 24.0 Å². The van der Waals surface area contributed by atoms with Crippen LogP contribution in [0.2, 0.25) is 0 Å². The Balaban J connectivity index is 2.45. The van der Waals surface area contributed by atoms with Gasteiger partial charge in [-0.05, 0) is 31.5 Å². The molecular weight excluding hydrogens is 300 g/mol. The van der Waals surface area contributed by atoms with Gasteiger partial charge < -0.3 is 10.4 Å². The molecule has 0 fully saturated rings. The molecule has 0 aliphatic rings. The van der Waals surface area contributed by atoms with E-state index in [9.17, 15) is 24.8 Å². The topological polar surface area (TPSA) is 110 Å². The van der Waals surface area contributed by atoms with Crippen LogP contribution in [0.15, 0.2) is 36.4 Å². The van der Waals surface area contributed by atoms with Gasteiger partial charge in [0.2, 0.25) is 0 Å². The highest BCUT2D eigenvalue weighted by Gasteiger charge is 2.27. The first-order chi connectivity index (χ1) is 10.8. The van der Waals surface area contributed by atoms with Gasteiger partial charge in [-0.1, -0.05) is 23.8 Å². The lowest BCUT2D eigenvalue weighted by atomic mass is 10.0. The van der Waals surface area contributed by atoms with Crippen molar-refractivity contribution < 1.29 is 19.6 Å². The number of anilines is 1. The zero-order chi connectivity index (χ0) is 17.1. The van der Waals surface area contributed by atoms with Crippen molar-refractivity contribution >= 4 is 23.3 Å². The largest absolute Gasteiger partial charge is 0.477 e. The first kappa shape index (κ1) is 16.2. The van der Waals surface area contributed by atoms with Gasteiger partial charge in [0.15, 0.2) is 0 Å². The van der Waals surface area contributed by atoms with Crippen molar-refractivity contribution in [3.8, 4) is 0 Å². The lowest BCUT2D eigenvalue weighted by Gasteiger charge is -2.11. The highest BCUT2D eigenvalue weighted by molar-refractivity contribution is 6.12. The fraction of sp³-hybridized carbons (Fsp3) is 0.125. The lowest BCUT2D eigenvalue weighted by Crippen LogP contribution is -2.18. The monoisotopic (exact) mass is 314 g/mol. The van der Waals surface area contributed by atoms with Gasteiger partial charge in [-0.25, -0.2) is 4.79 Å². The average molecular weight is 314 g/mol. The molecule has 0 heterocycles. The summed E-state index contributed by atoms with van der Waals surface area (Å²) in [7, 11) is 0. The predicted molar refractivity (Wildman–Crippen MR) is 83.9 cm³/mol. The number of carboxylic acids is 1. The second-order valence-corrected chi connectivity index (χ2v) is 5.03. The van der Waals surface area contributed by atoms with E-state index in [1.54, 1.807) is 19.1 Å². The molecule has 0 aromatic heterocycles. The molecule has 118 valence electrons. The molecule has 2 aromatic carbocycles. The van der Waals surface area contributed by atoms with Crippen LogP contribution >= 0.6 is 0 Å². The van der Waals surface area contributed by atoms with Gasteiger partial charge in [0.25, 0.3) is 11.6 Å². The summed E-state index contributed by atoms with van der Waals surface area (Å²) in [4.78, 5) is 33.8. The summed E-state index contributed by atoms with van der Waals surface area (Å²) in [5.41, 5.74) is 0.836. The minimum Gasteiger partial charge on any atom is -0.477 e. The maximum Gasteiger partial charge on any atom is 0.343 e. The predicted octanol–water partition coefficient (Wildman–Crippen LogP) is 3.16. The van der Waals surface area contributed by atoms with Crippen molar-refractivity contribution in [3.05, 3.63) is 68.8 Å². The third-order valence-electron chi connectivity index (χ3n) is 3.33. The highest BCUT2D eigenvalue weighted by Crippen LogP contribution is 2.24. The van der Waals surface area contributed by atoms with Gasteiger partial charge in [0, 0.05) is 11.8 Å². The maximum atomic E-state index is 12.4. The molecule has 0 aliphatic carbocycles. The number of nitrogens with one attached hydrogen (secondary N) is 1. The number of nitro groups is 1. The van der Waals surface area contributed by atoms with Crippen molar-refractivity contribution in [2.24, 2.45) is 0 Å². The van der Waals surface area contributed by atoms with Crippen molar-refractivity contribution in [1.29, 1.82) is 0 Å². The molecule has 7 nitrogen and oxygen atoms in total. The van der Waals surface area contributed by atoms with Gasteiger partial charge in [-0.3, -0.25) is 14.9 Å². The molecule has 0 unspecified atom stereocenters. The molecule has 2 rings (SSSR count). The van der Waals surface area contributed by atoms with E-state index in [4.69, 9.17) is 0 Å². The number of hydrogen-bond acceptors (Lipinski definition) is 4. The molecule has 0 radical (unpaired) electrons. The Bertz CT molecular complexity index is 814.